The van der Waals surface area contributed by atoms with E-state index in [9.17, 15) is 0 Å². The maximum Gasteiger partial charge on any atom is 0.210 e. The van der Waals surface area contributed by atoms with Crippen LogP contribution in [0.4, 0.5) is 5.95 Å². The molecule has 0 spiro atoms. The van der Waals surface area contributed by atoms with Crippen LogP contribution in [0.15, 0.2) is 42.9 Å². The predicted octanol–water partition coefficient (Wildman–Crippen LogP) is 3.66. The van der Waals surface area contributed by atoms with E-state index in [0.29, 0.717) is 6.10 Å². The van der Waals surface area contributed by atoms with Crippen molar-refractivity contribution in [1.82, 2.24) is 14.4 Å². The van der Waals surface area contributed by atoms with Crippen molar-refractivity contribution in [2.75, 3.05) is 25.1 Å². The molecule has 0 atom stereocenters. The van der Waals surface area contributed by atoms with E-state index in [2.05, 4.69) is 14.3 Å². The molecule has 5 nitrogen and oxygen atoms in total. The number of hydrogen-bond donors (Lipinski definition) is 0. The van der Waals surface area contributed by atoms with Gasteiger partial charge >= 0.3 is 0 Å². The Kier molecular flexibility index (Phi) is 4.12. The summed E-state index contributed by atoms with van der Waals surface area (Å²) in [5.41, 5.74) is 2.98. The summed E-state index contributed by atoms with van der Waals surface area (Å²) in [5.74, 6) is 0.965. The number of aromatic nitrogens is 3. The summed E-state index contributed by atoms with van der Waals surface area (Å²) in [6, 6.07) is 7.78. The Labute approximate surface area is 145 Å². The summed E-state index contributed by atoms with van der Waals surface area (Å²) in [7, 11) is 1.79. The van der Waals surface area contributed by atoms with Crippen LogP contribution in [0.1, 0.15) is 12.8 Å². The highest BCUT2D eigenvalue weighted by atomic mass is 35.5. The lowest BCUT2D eigenvalue weighted by Gasteiger charge is -2.31. The minimum atomic E-state index is 0.352. The molecular formula is C18H19ClN4O. The molecule has 3 aromatic rings. The van der Waals surface area contributed by atoms with Gasteiger partial charge in [-0.25, -0.2) is 4.98 Å². The monoisotopic (exact) mass is 342 g/mol. The number of anilines is 1. The fraction of sp³-hybridized carbons (Fsp3) is 0.333. The lowest BCUT2D eigenvalue weighted by Crippen LogP contribution is -2.37. The molecule has 2 aromatic heterocycles. The Morgan fingerprint density at radius 2 is 1.92 bits per heavy atom. The van der Waals surface area contributed by atoms with E-state index in [1.54, 1.807) is 13.3 Å². The van der Waals surface area contributed by atoms with Gasteiger partial charge in [0.2, 0.25) is 5.95 Å². The highest BCUT2D eigenvalue weighted by Crippen LogP contribution is 2.30. The Morgan fingerprint density at radius 3 is 2.62 bits per heavy atom. The zero-order valence-corrected chi connectivity index (χ0v) is 14.3. The third-order valence-corrected chi connectivity index (χ3v) is 4.86. The van der Waals surface area contributed by atoms with Gasteiger partial charge in [0.1, 0.15) is 0 Å². The van der Waals surface area contributed by atoms with Gasteiger partial charge in [-0.3, -0.25) is 9.38 Å². The smallest absolute Gasteiger partial charge is 0.210 e. The van der Waals surface area contributed by atoms with Gasteiger partial charge in [-0.05, 0) is 25.0 Å². The maximum atomic E-state index is 6.01. The first-order valence-electron chi connectivity index (χ1n) is 8.12. The maximum absolute atomic E-state index is 6.01. The van der Waals surface area contributed by atoms with Gasteiger partial charge in [0.05, 0.1) is 23.5 Å². The van der Waals surface area contributed by atoms with Crippen molar-refractivity contribution in [2.45, 2.75) is 18.9 Å². The van der Waals surface area contributed by atoms with Crippen LogP contribution < -0.4 is 4.90 Å². The third-order valence-electron chi connectivity index (χ3n) is 4.60. The van der Waals surface area contributed by atoms with Crippen molar-refractivity contribution < 1.29 is 4.74 Å². The normalized spacial score (nSPS) is 16.0. The topological polar surface area (TPSA) is 42.7 Å². The van der Waals surface area contributed by atoms with Crippen molar-refractivity contribution in [3.8, 4) is 11.3 Å². The Balaban J connectivity index is 1.76. The average molecular weight is 343 g/mol. The molecule has 0 amide bonds. The van der Waals surface area contributed by atoms with Crippen LogP contribution in [0.5, 0.6) is 0 Å². The fourth-order valence-corrected chi connectivity index (χ4v) is 3.38. The number of fused-ring (bicyclic) bond motifs is 1. The second-order valence-corrected chi connectivity index (χ2v) is 6.46. The van der Waals surface area contributed by atoms with Crippen LogP contribution in [-0.4, -0.2) is 40.7 Å². The van der Waals surface area contributed by atoms with E-state index in [-0.39, 0.29) is 0 Å². The highest BCUT2D eigenvalue weighted by Gasteiger charge is 2.23. The third kappa shape index (κ3) is 2.74. The Morgan fingerprint density at radius 1 is 1.17 bits per heavy atom. The number of methoxy groups -OCH3 is 1. The molecule has 0 aliphatic carbocycles. The molecular weight excluding hydrogens is 324 g/mol. The largest absolute Gasteiger partial charge is 0.381 e. The number of ether oxygens (including phenoxy) is 1. The van der Waals surface area contributed by atoms with Gasteiger partial charge in [-0.15, -0.1) is 0 Å². The molecule has 0 N–H and O–H groups in total. The first-order valence-corrected chi connectivity index (χ1v) is 8.50. The molecule has 0 radical (unpaired) electrons. The second-order valence-electron chi connectivity index (χ2n) is 6.02. The lowest BCUT2D eigenvalue weighted by atomic mass is 10.1. The van der Waals surface area contributed by atoms with Crippen LogP contribution in [0, 0.1) is 0 Å². The summed E-state index contributed by atoms with van der Waals surface area (Å²) in [5, 5.41) is 0.724. The molecule has 1 saturated heterocycles. The Hall–Kier alpha value is -2.11. The molecule has 6 heteroatoms. The first-order chi connectivity index (χ1) is 11.8. The van der Waals surface area contributed by atoms with Crippen LogP contribution >= 0.6 is 11.6 Å². The minimum Gasteiger partial charge on any atom is -0.381 e. The molecule has 1 aromatic carbocycles. The number of benzene rings is 1. The number of hydrogen-bond acceptors (Lipinski definition) is 4. The molecule has 124 valence electrons. The van der Waals surface area contributed by atoms with Crippen LogP contribution in [0.25, 0.3) is 16.8 Å². The SMILES string of the molecule is COC1CCN(c2nc(-c3ccc(Cl)cc3)c3cnccn23)CC1. The van der Waals surface area contributed by atoms with E-state index in [0.717, 1.165) is 53.7 Å². The molecule has 1 aliphatic heterocycles. The summed E-state index contributed by atoms with van der Waals surface area (Å²) >= 11 is 6.01. The van der Waals surface area contributed by atoms with Gasteiger partial charge in [-0.2, -0.15) is 0 Å². The minimum absolute atomic E-state index is 0.352. The number of imidazole rings is 1. The number of halogens is 1. The molecule has 1 aliphatic rings. The molecule has 24 heavy (non-hydrogen) atoms. The number of nitrogens with zero attached hydrogens (tertiary/aromatic N) is 4. The fourth-order valence-electron chi connectivity index (χ4n) is 3.26. The molecule has 0 saturated carbocycles. The second kappa shape index (κ2) is 6.42. The number of rotatable bonds is 3. The summed E-state index contributed by atoms with van der Waals surface area (Å²) in [6.07, 6.45) is 8.03. The van der Waals surface area contributed by atoms with Crippen LogP contribution in [-0.2, 0) is 4.74 Å². The zero-order valence-electron chi connectivity index (χ0n) is 13.5. The predicted molar refractivity (Wildman–Crippen MR) is 95.7 cm³/mol. The van der Waals surface area contributed by atoms with Crippen LogP contribution in [0.2, 0.25) is 5.02 Å². The van der Waals surface area contributed by atoms with Crippen molar-refractivity contribution in [1.29, 1.82) is 0 Å². The Bertz CT molecular complexity index is 838. The molecule has 1 fully saturated rings. The van der Waals surface area contributed by atoms with E-state index in [1.165, 1.54) is 0 Å². The van der Waals surface area contributed by atoms with Crippen molar-refractivity contribution >= 4 is 23.1 Å². The number of piperidine rings is 1. The van der Waals surface area contributed by atoms with Crippen molar-refractivity contribution in [2.24, 2.45) is 0 Å². The zero-order chi connectivity index (χ0) is 16.5. The van der Waals surface area contributed by atoms with E-state index in [1.807, 2.05) is 36.7 Å². The van der Waals surface area contributed by atoms with Gasteiger partial charge in [0, 0.05) is 43.2 Å². The van der Waals surface area contributed by atoms with E-state index < -0.39 is 0 Å². The quantitative estimate of drug-likeness (QED) is 0.728. The van der Waals surface area contributed by atoms with Crippen molar-refractivity contribution in [3.05, 3.63) is 47.9 Å². The first kappa shape index (κ1) is 15.4. The summed E-state index contributed by atoms with van der Waals surface area (Å²) in [4.78, 5) is 11.5. The standard InChI is InChI=1S/C18H19ClN4O/c1-24-15-6-9-22(10-7-15)18-21-17(13-2-4-14(19)5-3-13)16-12-20-8-11-23(16)18/h2-5,8,11-12,15H,6-7,9-10H2,1H3. The van der Waals surface area contributed by atoms with Gasteiger partial charge in [0.15, 0.2) is 0 Å². The highest BCUT2D eigenvalue weighted by molar-refractivity contribution is 6.30. The van der Waals surface area contributed by atoms with Gasteiger partial charge in [0.25, 0.3) is 0 Å². The molecule has 3 heterocycles. The molecule has 4 rings (SSSR count). The van der Waals surface area contributed by atoms with Gasteiger partial charge in [-0.1, -0.05) is 23.7 Å². The van der Waals surface area contributed by atoms with Crippen LogP contribution in [0.3, 0.4) is 0 Å². The summed E-state index contributed by atoms with van der Waals surface area (Å²) in [6.45, 7) is 1.89. The van der Waals surface area contributed by atoms with E-state index >= 15 is 0 Å². The molecule has 0 bridgehead atoms. The average Bonchev–Trinajstić information content (AvgIpc) is 3.02. The summed E-state index contributed by atoms with van der Waals surface area (Å²) < 4.78 is 7.59. The van der Waals surface area contributed by atoms with Gasteiger partial charge < -0.3 is 9.64 Å². The van der Waals surface area contributed by atoms with E-state index in [4.69, 9.17) is 21.3 Å². The molecule has 0 unspecified atom stereocenters. The van der Waals surface area contributed by atoms with Crippen molar-refractivity contribution in [3.63, 3.8) is 0 Å². The lowest BCUT2D eigenvalue weighted by molar-refractivity contribution is 0.0816.